The van der Waals surface area contributed by atoms with Crippen LogP contribution < -0.4 is 0 Å². The molecule has 0 aromatic carbocycles. The number of hydrogen-bond donors (Lipinski definition) is 6. The van der Waals surface area contributed by atoms with Crippen LogP contribution in [0.2, 0.25) is 0 Å². The topological polar surface area (TPSA) is 279 Å². The maximum Gasteiger partial charge on any atom is 0.353 e. The number of aliphatic hydroxyl groups excluding tert-OH is 3. The number of ether oxygens (including phenoxy) is 3. The number of carbonyl (C=O) groups excluding carboxylic acids is 3. The van der Waals surface area contributed by atoms with Gasteiger partial charge >= 0.3 is 40.7 Å². The van der Waals surface area contributed by atoms with Gasteiger partial charge in [0.1, 0.15) is 37.4 Å². The summed E-state index contributed by atoms with van der Waals surface area (Å²) in [5.74, 6) is -5.86. The quantitative estimate of drug-likeness (QED) is 0.0773. The second-order valence-corrected chi connectivity index (χ2v) is 15.5. The van der Waals surface area contributed by atoms with Crippen molar-refractivity contribution >= 4 is 40.7 Å². The maximum absolute atomic E-state index is 12.8. The molecule has 9 atom stereocenters. The van der Waals surface area contributed by atoms with E-state index < -0.39 is 114 Å². The van der Waals surface area contributed by atoms with Gasteiger partial charge in [0.25, 0.3) is 0 Å². The van der Waals surface area contributed by atoms with Crippen molar-refractivity contribution in [3.05, 3.63) is 0 Å². The zero-order valence-corrected chi connectivity index (χ0v) is 26.4. The molecule has 0 bridgehead atoms. The molecule has 0 aromatic rings. The van der Waals surface area contributed by atoms with Gasteiger partial charge in [0.2, 0.25) is 0 Å². The van der Waals surface area contributed by atoms with E-state index in [1.54, 1.807) is 0 Å². The molecule has 1 saturated carbocycles. The fourth-order valence-electron chi connectivity index (χ4n) is 3.37. The average molecular weight is 672 g/mol. The van der Waals surface area contributed by atoms with Crippen molar-refractivity contribution in [2.24, 2.45) is 17.8 Å². The summed E-state index contributed by atoms with van der Waals surface area (Å²) in [6.07, 6.45) is -18.1. The van der Waals surface area contributed by atoms with Crippen molar-refractivity contribution in [2.45, 2.75) is 78.2 Å². The van der Waals surface area contributed by atoms with Crippen LogP contribution in [0.4, 0.5) is 0 Å². The zero-order chi connectivity index (χ0) is 32.8. The Balaban J connectivity index is 4.15. The molecule has 0 heterocycles. The minimum Gasteiger partial charge on any atom is -0.455 e. The summed E-state index contributed by atoms with van der Waals surface area (Å²) in [7, 11) is -15.4. The predicted octanol–water partition coefficient (Wildman–Crippen LogP) is 0.265. The summed E-state index contributed by atoms with van der Waals surface area (Å²) in [5, 5.41) is 28.2. The first-order chi connectivity index (χ1) is 19.1. The van der Waals surface area contributed by atoms with Crippen LogP contribution >= 0.6 is 22.8 Å². The Labute approximate surface area is 241 Å². The van der Waals surface area contributed by atoms with Crippen molar-refractivity contribution in [1.82, 2.24) is 0 Å². The van der Waals surface area contributed by atoms with E-state index in [0.717, 1.165) is 0 Å². The normalized spacial score (nSPS) is 28.9. The molecular weight excluding hydrogens is 633 g/mol. The third-order valence-electron chi connectivity index (χ3n) is 5.51. The number of carbonyl (C=O) groups is 3. The highest BCUT2D eigenvalue weighted by Gasteiger charge is 2.62. The van der Waals surface area contributed by atoms with Gasteiger partial charge in [-0.3, -0.25) is 41.6 Å². The highest BCUT2D eigenvalue weighted by molar-refractivity contribution is 7.53. The standard InChI is InChI=1S/C21H39O18P3/c1-10(2)19(25)34-13-14(35-20(26)11(3)4)16(37-40(28,29)7-22)18(39-42(32,33)9-24)17(38-41(30,31)8-23)15(13)36-21(27)12(5)6/h10-18,22-24H,7-9H2,1-6H3,(H,28,29)(H,30,31)(H,32,33)/t13?,14-,15+,16-,17-,18?/m0/s1. The number of aliphatic hydroxyl groups is 3. The van der Waals surface area contributed by atoms with Crippen LogP contribution in [-0.2, 0) is 55.9 Å². The third kappa shape index (κ3) is 11.0. The number of rotatable bonds is 15. The highest BCUT2D eigenvalue weighted by atomic mass is 31.2. The summed E-state index contributed by atoms with van der Waals surface area (Å²) in [4.78, 5) is 68.7. The Bertz CT molecular complexity index is 1030. The largest absolute Gasteiger partial charge is 0.455 e. The van der Waals surface area contributed by atoms with Crippen LogP contribution in [0.1, 0.15) is 41.5 Å². The molecule has 1 rings (SSSR count). The van der Waals surface area contributed by atoms with Crippen LogP contribution in [-0.4, -0.2) is 104 Å². The predicted molar refractivity (Wildman–Crippen MR) is 140 cm³/mol. The first-order valence-electron chi connectivity index (χ1n) is 12.6. The van der Waals surface area contributed by atoms with Crippen molar-refractivity contribution in [1.29, 1.82) is 0 Å². The molecule has 0 spiro atoms. The van der Waals surface area contributed by atoms with Gasteiger partial charge in [-0.1, -0.05) is 41.5 Å². The molecule has 0 aliphatic heterocycles. The van der Waals surface area contributed by atoms with Gasteiger partial charge in [-0.25, -0.2) is 0 Å². The summed E-state index contributed by atoms with van der Waals surface area (Å²) >= 11 is 0. The molecule has 42 heavy (non-hydrogen) atoms. The van der Waals surface area contributed by atoms with E-state index in [1.165, 1.54) is 41.5 Å². The summed E-state index contributed by atoms with van der Waals surface area (Å²) < 4.78 is 69.1. The lowest BCUT2D eigenvalue weighted by Crippen LogP contribution is -2.68. The van der Waals surface area contributed by atoms with Crippen LogP contribution in [0, 0.1) is 17.8 Å². The first-order valence-corrected chi connectivity index (χ1v) is 17.9. The van der Waals surface area contributed by atoms with Gasteiger partial charge in [-0.05, 0) is 0 Å². The van der Waals surface area contributed by atoms with Crippen LogP contribution in [0.5, 0.6) is 0 Å². The Morgan fingerprint density at radius 2 is 0.690 bits per heavy atom. The second kappa shape index (κ2) is 15.6. The molecule has 0 amide bonds. The van der Waals surface area contributed by atoms with Gasteiger partial charge in [0.05, 0.1) is 17.8 Å². The fraction of sp³-hybridized carbons (Fsp3) is 0.857. The molecule has 1 aliphatic carbocycles. The van der Waals surface area contributed by atoms with Crippen LogP contribution in [0.3, 0.4) is 0 Å². The van der Waals surface area contributed by atoms with Gasteiger partial charge in [-0.15, -0.1) is 0 Å². The molecule has 0 saturated heterocycles. The van der Waals surface area contributed by atoms with E-state index in [1.807, 2.05) is 0 Å². The lowest BCUT2D eigenvalue weighted by Gasteiger charge is -2.48. The Morgan fingerprint density at radius 3 is 0.881 bits per heavy atom. The van der Waals surface area contributed by atoms with Crippen LogP contribution in [0.25, 0.3) is 0 Å². The third-order valence-corrected chi connectivity index (χ3v) is 8.30. The molecule has 1 aliphatic rings. The Kier molecular flexibility index (Phi) is 14.4. The molecule has 246 valence electrons. The molecule has 18 nitrogen and oxygen atoms in total. The Morgan fingerprint density at radius 1 is 0.500 bits per heavy atom. The van der Waals surface area contributed by atoms with Crippen molar-refractivity contribution in [3.8, 4) is 0 Å². The van der Waals surface area contributed by atoms with E-state index in [2.05, 4.69) is 0 Å². The number of esters is 3. The van der Waals surface area contributed by atoms with E-state index in [0.29, 0.717) is 0 Å². The fourth-order valence-corrected chi connectivity index (χ4v) is 5.43. The first kappa shape index (κ1) is 38.8. The monoisotopic (exact) mass is 672 g/mol. The number of hydrogen-bond acceptors (Lipinski definition) is 15. The molecule has 0 radical (unpaired) electrons. The highest BCUT2D eigenvalue weighted by Crippen LogP contribution is 2.54. The zero-order valence-electron chi connectivity index (χ0n) is 23.7. The average Bonchev–Trinajstić information content (AvgIpc) is 2.89. The minimum atomic E-state index is -5.15. The summed E-state index contributed by atoms with van der Waals surface area (Å²) in [6.45, 7) is 8.24. The molecule has 6 N–H and O–H groups in total. The minimum absolute atomic E-state index is 0.893. The lowest BCUT2D eigenvalue weighted by atomic mass is 9.84. The van der Waals surface area contributed by atoms with Crippen LogP contribution in [0.15, 0.2) is 0 Å². The molecule has 0 aromatic heterocycles. The smallest absolute Gasteiger partial charge is 0.353 e. The van der Waals surface area contributed by atoms with Crippen molar-refractivity contribution in [3.63, 3.8) is 0 Å². The van der Waals surface area contributed by atoms with E-state index in [-0.39, 0.29) is 0 Å². The lowest BCUT2D eigenvalue weighted by molar-refractivity contribution is -0.241. The van der Waals surface area contributed by atoms with Crippen molar-refractivity contribution < 1.29 is 85.9 Å². The summed E-state index contributed by atoms with van der Waals surface area (Å²) in [5.41, 5.74) is 0. The summed E-state index contributed by atoms with van der Waals surface area (Å²) in [6, 6.07) is 0. The molecule has 1 fully saturated rings. The van der Waals surface area contributed by atoms with Crippen molar-refractivity contribution in [2.75, 3.05) is 19.0 Å². The van der Waals surface area contributed by atoms with Gasteiger partial charge < -0.3 is 44.2 Å². The Hall–Kier alpha value is -1.26. The molecule has 21 heteroatoms. The van der Waals surface area contributed by atoms with E-state index in [4.69, 9.17) is 27.8 Å². The SMILES string of the molecule is CC(C)C(=O)OC1[C@@H](OC(=O)C(C)C)[C@H](OP(=O)(O)CO)C(OP(=O)(O)CO)[C@@H](OP(=O)(O)CO)[C@H]1OC(=O)C(C)C. The van der Waals surface area contributed by atoms with E-state index >= 15 is 0 Å². The molecule has 5 unspecified atom stereocenters. The van der Waals surface area contributed by atoms with E-state index in [9.17, 15) is 58.1 Å². The van der Waals surface area contributed by atoms with Gasteiger partial charge in [0, 0.05) is 0 Å². The van der Waals surface area contributed by atoms with Gasteiger partial charge in [0.15, 0.2) is 18.3 Å². The maximum atomic E-state index is 12.8. The molecular formula is C21H39O18P3. The van der Waals surface area contributed by atoms with Gasteiger partial charge in [-0.2, -0.15) is 0 Å². The second-order valence-electron chi connectivity index (χ2n) is 10.2.